The smallest absolute Gasteiger partial charge is 0.223 e. The van der Waals surface area contributed by atoms with E-state index in [-0.39, 0.29) is 11.5 Å². The van der Waals surface area contributed by atoms with E-state index in [9.17, 15) is 4.39 Å². The normalized spacial score (nSPS) is 9.74. The molecule has 7 heteroatoms. The molecule has 0 saturated carbocycles. The summed E-state index contributed by atoms with van der Waals surface area (Å²) in [7, 11) is 1.70. The number of benzene rings is 1. The molecule has 1 heterocycles. The summed E-state index contributed by atoms with van der Waals surface area (Å²) >= 11 is 0. The highest BCUT2D eigenvalue weighted by molar-refractivity contribution is 5.66. The lowest BCUT2D eigenvalue weighted by molar-refractivity contribution is 0.627. The number of nitrogens with one attached hydrogen (secondary N) is 2. The van der Waals surface area contributed by atoms with Crippen LogP contribution in [0.15, 0.2) is 24.3 Å². The Kier molecular flexibility index (Phi) is 3.43. The van der Waals surface area contributed by atoms with Gasteiger partial charge in [0.2, 0.25) is 5.95 Å². The Morgan fingerprint density at radius 2 is 2.00 bits per heavy atom. The van der Waals surface area contributed by atoms with E-state index in [4.69, 9.17) is 11.0 Å². The molecule has 0 fully saturated rings. The second kappa shape index (κ2) is 5.18. The van der Waals surface area contributed by atoms with Crippen molar-refractivity contribution in [2.45, 2.75) is 0 Å². The molecule has 0 aliphatic heterocycles. The van der Waals surface area contributed by atoms with Crippen molar-refractivity contribution in [2.75, 3.05) is 23.4 Å². The maximum Gasteiger partial charge on any atom is 0.223 e. The first-order valence-electron chi connectivity index (χ1n) is 5.41. The van der Waals surface area contributed by atoms with Crippen molar-refractivity contribution in [2.24, 2.45) is 0 Å². The number of hydrogen-bond acceptors (Lipinski definition) is 6. The monoisotopic (exact) mass is 258 g/mol. The van der Waals surface area contributed by atoms with Crippen LogP contribution in [0.1, 0.15) is 5.56 Å². The first kappa shape index (κ1) is 12.6. The van der Waals surface area contributed by atoms with E-state index in [1.54, 1.807) is 13.1 Å². The molecule has 0 spiro atoms. The molecule has 0 atom stereocenters. The lowest BCUT2D eigenvalue weighted by atomic mass is 10.2. The van der Waals surface area contributed by atoms with Crippen LogP contribution in [0.25, 0.3) is 0 Å². The van der Waals surface area contributed by atoms with Crippen LogP contribution in [0.4, 0.5) is 27.7 Å². The van der Waals surface area contributed by atoms with Crippen LogP contribution in [0, 0.1) is 17.1 Å². The fourth-order valence-corrected chi connectivity index (χ4v) is 1.51. The molecule has 0 aliphatic carbocycles. The molecule has 1 aromatic heterocycles. The Hall–Kier alpha value is -2.88. The highest BCUT2D eigenvalue weighted by Crippen LogP contribution is 2.22. The van der Waals surface area contributed by atoms with Gasteiger partial charge in [-0.1, -0.05) is 0 Å². The third kappa shape index (κ3) is 2.87. The maximum absolute atomic E-state index is 13.0. The third-order valence-electron chi connectivity index (χ3n) is 2.36. The highest BCUT2D eigenvalue weighted by atomic mass is 19.1. The van der Waals surface area contributed by atoms with Gasteiger partial charge in [0.1, 0.15) is 23.5 Å². The number of halogens is 1. The zero-order valence-electron chi connectivity index (χ0n) is 10.1. The van der Waals surface area contributed by atoms with Gasteiger partial charge in [0.25, 0.3) is 0 Å². The zero-order chi connectivity index (χ0) is 13.8. The Morgan fingerprint density at radius 3 is 2.68 bits per heavy atom. The van der Waals surface area contributed by atoms with Gasteiger partial charge in [-0.3, -0.25) is 0 Å². The Labute approximate surface area is 109 Å². The molecule has 6 nitrogen and oxygen atoms in total. The number of nitrogen functional groups attached to an aromatic ring is 1. The molecule has 2 aromatic rings. The van der Waals surface area contributed by atoms with E-state index in [1.165, 1.54) is 12.1 Å². The van der Waals surface area contributed by atoms with E-state index >= 15 is 0 Å². The molecule has 0 bridgehead atoms. The Bertz CT molecular complexity index is 649. The molecule has 2 rings (SSSR count). The number of aromatic nitrogens is 2. The van der Waals surface area contributed by atoms with Crippen LogP contribution in [0.5, 0.6) is 0 Å². The van der Waals surface area contributed by atoms with Crippen LogP contribution in [0.2, 0.25) is 0 Å². The minimum Gasteiger partial charge on any atom is -0.373 e. The molecular formula is C12H11FN6. The summed E-state index contributed by atoms with van der Waals surface area (Å²) in [6.45, 7) is 0. The van der Waals surface area contributed by atoms with Gasteiger partial charge in [-0.25, -0.2) is 4.39 Å². The van der Waals surface area contributed by atoms with Crippen molar-refractivity contribution in [3.05, 3.63) is 35.6 Å². The molecule has 0 saturated heterocycles. The van der Waals surface area contributed by atoms with Gasteiger partial charge >= 0.3 is 0 Å². The van der Waals surface area contributed by atoms with Crippen molar-refractivity contribution in [1.82, 2.24) is 9.97 Å². The van der Waals surface area contributed by atoms with Gasteiger partial charge in [0, 0.05) is 13.1 Å². The van der Waals surface area contributed by atoms with E-state index in [2.05, 4.69) is 20.6 Å². The summed E-state index contributed by atoms with van der Waals surface area (Å²) in [6, 6.07) is 7.40. The quantitative estimate of drug-likeness (QED) is 0.777. The van der Waals surface area contributed by atoms with Gasteiger partial charge in [-0.15, -0.1) is 0 Å². The van der Waals surface area contributed by atoms with E-state index in [0.29, 0.717) is 17.3 Å². The molecule has 1 aromatic carbocycles. The standard InChI is InChI=1S/C12H11FN6/c1-16-10-5-11(19-12(15)18-10)17-9-3-2-8(13)4-7(9)6-14/h2-5H,1H3,(H4,15,16,17,18,19). The third-order valence-corrected chi connectivity index (χ3v) is 2.36. The predicted octanol–water partition coefficient (Wildman–Crippen LogP) is 1.85. The van der Waals surface area contributed by atoms with Gasteiger partial charge in [0.05, 0.1) is 11.3 Å². The molecule has 96 valence electrons. The Morgan fingerprint density at radius 1 is 1.26 bits per heavy atom. The van der Waals surface area contributed by atoms with Crippen LogP contribution < -0.4 is 16.4 Å². The van der Waals surface area contributed by atoms with Crippen molar-refractivity contribution < 1.29 is 4.39 Å². The fraction of sp³-hybridized carbons (Fsp3) is 0.0833. The molecule has 0 unspecified atom stereocenters. The van der Waals surface area contributed by atoms with Crippen LogP contribution >= 0.6 is 0 Å². The topological polar surface area (TPSA) is 99.6 Å². The average molecular weight is 258 g/mol. The van der Waals surface area contributed by atoms with E-state index < -0.39 is 5.82 Å². The predicted molar refractivity (Wildman–Crippen MR) is 70.4 cm³/mol. The number of hydrogen-bond donors (Lipinski definition) is 3. The number of nitriles is 1. The average Bonchev–Trinajstić information content (AvgIpc) is 2.40. The van der Waals surface area contributed by atoms with Crippen molar-refractivity contribution in [3.63, 3.8) is 0 Å². The van der Waals surface area contributed by atoms with Gasteiger partial charge in [-0.05, 0) is 18.2 Å². The second-order valence-corrected chi connectivity index (χ2v) is 3.67. The maximum atomic E-state index is 13.0. The summed E-state index contributed by atoms with van der Waals surface area (Å²) in [5.41, 5.74) is 6.19. The summed E-state index contributed by atoms with van der Waals surface area (Å²) in [6.07, 6.45) is 0. The van der Waals surface area contributed by atoms with Crippen LogP contribution in [-0.4, -0.2) is 17.0 Å². The van der Waals surface area contributed by atoms with Crippen molar-refractivity contribution in [1.29, 1.82) is 5.26 Å². The highest BCUT2D eigenvalue weighted by Gasteiger charge is 2.06. The van der Waals surface area contributed by atoms with Crippen LogP contribution in [0.3, 0.4) is 0 Å². The Balaban J connectivity index is 2.36. The molecule has 4 N–H and O–H groups in total. The number of rotatable bonds is 3. The van der Waals surface area contributed by atoms with E-state index in [0.717, 1.165) is 6.07 Å². The van der Waals surface area contributed by atoms with Crippen molar-refractivity contribution >= 4 is 23.3 Å². The largest absolute Gasteiger partial charge is 0.373 e. The first-order valence-corrected chi connectivity index (χ1v) is 5.41. The minimum absolute atomic E-state index is 0.0926. The van der Waals surface area contributed by atoms with Crippen molar-refractivity contribution in [3.8, 4) is 6.07 Å². The summed E-state index contributed by atoms with van der Waals surface area (Å²) in [5, 5.41) is 14.7. The summed E-state index contributed by atoms with van der Waals surface area (Å²) in [5.74, 6) is 0.575. The fourth-order valence-electron chi connectivity index (χ4n) is 1.51. The first-order chi connectivity index (χ1) is 9.12. The summed E-state index contributed by atoms with van der Waals surface area (Å²) in [4.78, 5) is 7.93. The summed E-state index contributed by atoms with van der Waals surface area (Å²) < 4.78 is 13.0. The molecule has 0 radical (unpaired) electrons. The number of nitrogens with two attached hydrogens (primary N) is 1. The van der Waals surface area contributed by atoms with Gasteiger partial charge in [-0.2, -0.15) is 15.2 Å². The molecule has 0 aliphatic rings. The zero-order valence-corrected chi connectivity index (χ0v) is 10.1. The van der Waals surface area contributed by atoms with Gasteiger partial charge < -0.3 is 16.4 Å². The SMILES string of the molecule is CNc1cc(Nc2ccc(F)cc2C#N)nc(N)n1. The number of anilines is 4. The van der Waals surface area contributed by atoms with Gasteiger partial charge in [0.15, 0.2) is 0 Å². The second-order valence-electron chi connectivity index (χ2n) is 3.67. The number of nitrogens with zero attached hydrogens (tertiary/aromatic N) is 3. The lowest BCUT2D eigenvalue weighted by Gasteiger charge is -2.09. The molecule has 19 heavy (non-hydrogen) atoms. The molecule has 0 amide bonds. The minimum atomic E-state index is -0.472. The van der Waals surface area contributed by atoms with E-state index in [1.807, 2.05) is 6.07 Å². The van der Waals surface area contributed by atoms with Crippen LogP contribution in [-0.2, 0) is 0 Å². The molecular weight excluding hydrogens is 247 g/mol. The lowest BCUT2D eigenvalue weighted by Crippen LogP contribution is -2.04.